The molecule has 0 radical (unpaired) electrons. The number of nitrogen functional groups attached to an aromatic ring is 2. The fourth-order valence-electron chi connectivity index (χ4n) is 6.56. The van der Waals surface area contributed by atoms with Crippen LogP contribution in [0.3, 0.4) is 0 Å². The number of aromatic nitrogens is 6. The summed E-state index contributed by atoms with van der Waals surface area (Å²) in [4.78, 5) is 83.2. The van der Waals surface area contributed by atoms with Crippen LogP contribution < -0.4 is 28.2 Å². The molecule has 1 unspecified atom stereocenters. The third kappa shape index (κ3) is 11.0. The summed E-state index contributed by atoms with van der Waals surface area (Å²) in [7, 11) is -10.2. The van der Waals surface area contributed by atoms with Gasteiger partial charge in [0.2, 0.25) is 0 Å². The minimum absolute atomic E-state index is 0.0298. The molecular weight excluding hydrogens is 834 g/mol. The SMILES string of the molecule is Nc1ccn([C@H]2C[C@H](OP(=O)(O)OC[C@H]3O[C@@H](n4cnc5c(N)ncnc54)[C@H](O)[C@@H]3OC(=O)[C@@H](N)CCCCCC(=O)[C@@H]3CSCN3)[C@@H](COP(=O)(O)O)O2)c(=O)n1. The van der Waals surface area contributed by atoms with Crippen molar-refractivity contribution in [3.63, 3.8) is 0 Å². The number of thioether (sulfide) groups is 1. The highest BCUT2D eigenvalue weighted by Crippen LogP contribution is 2.50. The molecule has 3 fully saturated rings. The number of hydrogen-bond acceptors (Lipinski definition) is 21. The van der Waals surface area contributed by atoms with Crippen molar-refractivity contribution in [3.05, 3.63) is 35.4 Å². The molecule has 25 nitrogen and oxygen atoms in total. The summed E-state index contributed by atoms with van der Waals surface area (Å²) in [5, 5.41) is 14.6. The van der Waals surface area contributed by atoms with Crippen LogP contribution in [0.2, 0.25) is 0 Å². The molecule has 6 heterocycles. The fourth-order valence-corrected chi connectivity index (χ4v) is 8.84. The molecule has 0 amide bonds. The molecule has 0 bridgehead atoms. The van der Waals surface area contributed by atoms with Crippen molar-refractivity contribution in [2.45, 2.75) is 93.6 Å². The summed E-state index contributed by atoms with van der Waals surface area (Å²) < 4.78 is 59.7. The number of phosphoric acid groups is 2. The number of aliphatic hydroxyl groups is 1. The maximum atomic E-state index is 13.4. The predicted molar refractivity (Wildman–Crippen MR) is 200 cm³/mol. The molecular formula is C30H44N10O15P2S. The lowest BCUT2D eigenvalue weighted by Crippen LogP contribution is -2.43. The maximum Gasteiger partial charge on any atom is 0.472 e. The number of nitrogens with two attached hydrogens (primary N) is 3. The largest absolute Gasteiger partial charge is 0.472 e. The Labute approximate surface area is 333 Å². The van der Waals surface area contributed by atoms with Crippen LogP contribution in [0, 0.1) is 0 Å². The Kier molecular flexibility index (Phi) is 14.3. The van der Waals surface area contributed by atoms with Gasteiger partial charge in [-0.1, -0.05) is 12.8 Å². The average molecular weight is 879 g/mol. The fraction of sp³-hybridized carbons (Fsp3) is 0.633. The van der Waals surface area contributed by atoms with Crippen LogP contribution in [0.25, 0.3) is 11.2 Å². The lowest BCUT2D eigenvalue weighted by atomic mass is 10.0. The summed E-state index contributed by atoms with van der Waals surface area (Å²) in [6, 6.07) is -0.00876. The molecule has 3 aliphatic rings. The summed E-state index contributed by atoms with van der Waals surface area (Å²) in [5.41, 5.74) is 17.1. The molecule has 28 heteroatoms. The van der Waals surface area contributed by atoms with Crippen LogP contribution in [0.15, 0.2) is 29.7 Å². The first-order chi connectivity index (χ1) is 27.5. The van der Waals surface area contributed by atoms with E-state index in [-0.39, 0.29) is 47.5 Å². The van der Waals surface area contributed by atoms with Gasteiger partial charge < -0.3 is 51.2 Å². The number of fused-ring (bicyclic) bond motifs is 1. The summed E-state index contributed by atoms with van der Waals surface area (Å²) in [6.07, 6.45) is -4.40. The second-order valence-corrected chi connectivity index (χ2v) is 17.3. The summed E-state index contributed by atoms with van der Waals surface area (Å²) >= 11 is 1.66. The molecule has 58 heavy (non-hydrogen) atoms. The lowest BCUT2D eigenvalue weighted by molar-refractivity contribution is -0.158. The molecule has 6 rings (SSSR count). The van der Waals surface area contributed by atoms with Gasteiger partial charge in [-0.3, -0.25) is 37.6 Å². The zero-order chi connectivity index (χ0) is 41.8. The molecule has 3 saturated heterocycles. The van der Waals surface area contributed by atoms with E-state index in [1.54, 1.807) is 11.8 Å². The van der Waals surface area contributed by atoms with Crippen LogP contribution in [0.5, 0.6) is 0 Å². The van der Waals surface area contributed by atoms with E-state index in [2.05, 4.69) is 29.8 Å². The van der Waals surface area contributed by atoms with Crippen molar-refractivity contribution in [3.8, 4) is 0 Å². The van der Waals surface area contributed by atoms with Gasteiger partial charge in [-0.25, -0.2) is 28.9 Å². The summed E-state index contributed by atoms with van der Waals surface area (Å²) in [6.45, 7) is -1.66. The number of rotatable bonds is 19. The molecule has 11 N–H and O–H groups in total. The van der Waals surface area contributed by atoms with Gasteiger partial charge in [-0.2, -0.15) is 4.98 Å². The zero-order valence-electron chi connectivity index (χ0n) is 30.6. The smallest absolute Gasteiger partial charge is 0.455 e. The first-order valence-electron chi connectivity index (χ1n) is 17.9. The normalized spacial score (nSPS) is 27.8. The van der Waals surface area contributed by atoms with Crippen molar-refractivity contribution >= 4 is 62.0 Å². The second-order valence-electron chi connectivity index (χ2n) is 13.6. The first kappa shape index (κ1) is 44.1. The van der Waals surface area contributed by atoms with E-state index in [1.165, 1.54) is 23.2 Å². The molecule has 0 saturated carbocycles. The molecule has 0 aliphatic carbocycles. The molecule has 0 spiro atoms. The molecule has 3 aromatic heterocycles. The number of carbonyl (C=O) groups excluding carboxylic acids is 2. The monoisotopic (exact) mass is 878 g/mol. The number of imidazole rings is 1. The van der Waals surface area contributed by atoms with Crippen LogP contribution >= 0.6 is 27.4 Å². The maximum absolute atomic E-state index is 13.4. The van der Waals surface area contributed by atoms with Crippen LogP contribution in [-0.2, 0) is 46.5 Å². The molecule has 3 aromatic rings. The Morgan fingerprint density at radius 1 is 1.05 bits per heavy atom. The third-order valence-corrected chi connectivity index (χ3v) is 11.9. The van der Waals surface area contributed by atoms with Gasteiger partial charge in [0.05, 0.1) is 25.6 Å². The van der Waals surface area contributed by atoms with Crippen molar-refractivity contribution in [2.75, 3.05) is 36.3 Å². The number of Topliss-reactive ketones (excluding diaryl/α,β-unsaturated/α-hetero) is 1. The lowest BCUT2D eigenvalue weighted by Gasteiger charge is -2.24. The van der Waals surface area contributed by atoms with E-state index in [0.29, 0.717) is 25.7 Å². The third-order valence-electron chi connectivity index (χ3n) is 9.49. The van der Waals surface area contributed by atoms with Gasteiger partial charge >= 0.3 is 27.3 Å². The predicted octanol–water partition coefficient (Wildman–Crippen LogP) is -1.17. The number of esters is 1. The van der Waals surface area contributed by atoms with Crippen molar-refractivity contribution in [1.82, 2.24) is 34.4 Å². The van der Waals surface area contributed by atoms with Gasteiger partial charge in [0.1, 0.15) is 54.3 Å². The van der Waals surface area contributed by atoms with Crippen molar-refractivity contribution in [2.24, 2.45) is 5.73 Å². The zero-order valence-corrected chi connectivity index (χ0v) is 33.2. The Hall–Kier alpha value is -3.46. The molecule has 320 valence electrons. The number of aliphatic hydroxyl groups excluding tert-OH is 1. The number of anilines is 2. The quantitative estimate of drug-likeness (QED) is 0.0399. The van der Waals surface area contributed by atoms with Gasteiger partial charge in [-0.05, 0) is 18.9 Å². The van der Waals surface area contributed by atoms with Crippen LogP contribution in [0.1, 0.15) is 51.0 Å². The Bertz CT molecular complexity index is 2090. The number of nitrogens with one attached hydrogen (secondary N) is 1. The van der Waals surface area contributed by atoms with Crippen LogP contribution in [-0.4, -0.2) is 128 Å². The number of hydrogen-bond donors (Lipinski definition) is 8. The Balaban J connectivity index is 1.12. The van der Waals surface area contributed by atoms with Crippen molar-refractivity contribution in [1.29, 1.82) is 0 Å². The number of phosphoric ester groups is 2. The molecule has 0 aromatic carbocycles. The van der Waals surface area contributed by atoms with Gasteiger partial charge in [-0.15, -0.1) is 11.8 Å². The second kappa shape index (κ2) is 18.9. The van der Waals surface area contributed by atoms with E-state index in [4.69, 9.17) is 40.5 Å². The first-order valence-corrected chi connectivity index (χ1v) is 22.1. The van der Waals surface area contributed by atoms with E-state index < -0.39 is 89.5 Å². The standard InChI is InChI=1S/C30H44N10O15P2S/c31-15(4-2-1-3-5-17(41)16-11-58-14-37-16)29(43)54-25-20(53-28(24(25)42)40-13-36-23-26(33)34-12-35-27(23)40)10-51-57(48,49)55-18-8-22(39-7-6-21(32)38-30(39)44)52-19(18)9-50-56(45,46)47/h6-7,12-13,15-16,18-20,22,24-25,28,37,42H,1-5,8-11,14,31H2,(H,48,49)(H2,32,38,44)(H2,33,34,35)(H2,45,46,47)/t15-,16-,18-,19+,20+,22+,24+,25+,28+/m0/s1. The number of ether oxygens (including phenoxy) is 3. The highest BCUT2D eigenvalue weighted by atomic mass is 32.2. The number of carbonyl (C=O) groups is 2. The average Bonchev–Trinajstić information content (AvgIpc) is 3.97. The highest BCUT2D eigenvalue weighted by Gasteiger charge is 2.50. The van der Waals surface area contributed by atoms with E-state index in [0.717, 1.165) is 22.5 Å². The molecule has 10 atom stereocenters. The van der Waals surface area contributed by atoms with Crippen molar-refractivity contribution < 1.29 is 66.3 Å². The summed E-state index contributed by atoms with van der Waals surface area (Å²) in [5.74, 6) is 0.627. The Morgan fingerprint density at radius 3 is 2.55 bits per heavy atom. The van der Waals surface area contributed by atoms with Crippen LogP contribution in [0.4, 0.5) is 11.6 Å². The van der Waals surface area contributed by atoms with E-state index in [1.807, 2.05) is 0 Å². The van der Waals surface area contributed by atoms with Gasteiger partial charge in [0, 0.05) is 30.7 Å². The number of nitrogens with zero attached hydrogens (tertiary/aromatic N) is 6. The number of ketones is 1. The topological polar surface area (TPSA) is 373 Å². The number of unbranched alkanes of at least 4 members (excludes halogenated alkanes) is 2. The van der Waals surface area contributed by atoms with Gasteiger partial charge in [0.15, 0.2) is 29.6 Å². The molecule has 3 aliphatic heterocycles. The van der Waals surface area contributed by atoms with E-state index >= 15 is 0 Å². The van der Waals surface area contributed by atoms with Gasteiger partial charge in [0.25, 0.3) is 0 Å². The minimum Gasteiger partial charge on any atom is -0.455 e. The Morgan fingerprint density at radius 2 is 1.83 bits per heavy atom. The minimum atomic E-state index is -5.16. The van der Waals surface area contributed by atoms with E-state index in [9.17, 15) is 43.3 Å². The highest BCUT2D eigenvalue weighted by molar-refractivity contribution is 7.99.